The second-order valence-corrected chi connectivity index (χ2v) is 8.93. The minimum atomic E-state index is -3.75. The van der Waals surface area contributed by atoms with E-state index in [1.807, 2.05) is 68.4 Å². The van der Waals surface area contributed by atoms with Crippen LogP contribution >= 0.6 is 0 Å². The maximum absolute atomic E-state index is 13.4. The van der Waals surface area contributed by atoms with Gasteiger partial charge in [-0.1, -0.05) is 77.9 Å². The van der Waals surface area contributed by atoms with Gasteiger partial charge in [0.05, 0.1) is 16.6 Å². The van der Waals surface area contributed by atoms with E-state index < -0.39 is 10.0 Å². The van der Waals surface area contributed by atoms with Crippen molar-refractivity contribution in [2.45, 2.75) is 31.2 Å². The SMILES string of the molecule is Cc1ccc(C2=NN(S(=O)(=O)c3ccccc3)[C@H](c3cccc(C)c3)C2)cc1. The van der Waals surface area contributed by atoms with Crippen molar-refractivity contribution in [3.8, 4) is 0 Å². The van der Waals surface area contributed by atoms with E-state index in [1.54, 1.807) is 24.3 Å². The molecule has 0 bridgehead atoms. The maximum atomic E-state index is 13.4. The maximum Gasteiger partial charge on any atom is 0.279 e. The first-order valence-corrected chi connectivity index (χ1v) is 10.7. The van der Waals surface area contributed by atoms with Crippen LogP contribution in [0.25, 0.3) is 0 Å². The Morgan fingerprint density at radius 2 is 1.57 bits per heavy atom. The smallest absolute Gasteiger partial charge is 0.200 e. The number of hydrogen-bond donors (Lipinski definition) is 0. The Bertz CT molecular complexity index is 1120. The Morgan fingerprint density at radius 3 is 2.25 bits per heavy atom. The van der Waals surface area contributed by atoms with Crippen molar-refractivity contribution in [2.24, 2.45) is 5.10 Å². The van der Waals surface area contributed by atoms with Gasteiger partial charge in [-0.05, 0) is 37.1 Å². The zero-order valence-electron chi connectivity index (χ0n) is 15.9. The number of rotatable bonds is 4. The zero-order chi connectivity index (χ0) is 19.7. The molecule has 28 heavy (non-hydrogen) atoms. The van der Waals surface area contributed by atoms with Crippen LogP contribution < -0.4 is 0 Å². The summed E-state index contributed by atoms with van der Waals surface area (Å²) in [6, 6.07) is 24.2. The molecule has 0 amide bonds. The van der Waals surface area contributed by atoms with E-state index in [4.69, 9.17) is 0 Å². The van der Waals surface area contributed by atoms with Gasteiger partial charge in [-0.15, -0.1) is 0 Å². The number of hydrogen-bond acceptors (Lipinski definition) is 3. The summed E-state index contributed by atoms with van der Waals surface area (Å²) in [4.78, 5) is 0.251. The molecule has 0 saturated heterocycles. The van der Waals surface area contributed by atoms with Crippen molar-refractivity contribution in [1.29, 1.82) is 0 Å². The van der Waals surface area contributed by atoms with E-state index in [9.17, 15) is 8.42 Å². The van der Waals surface area contributed by atoms with E-state index >= 15 is 0 Å². The molecule has 142 valence electrons. The van der Waals surface area contributed by atoms with Crippen LogP contribution in [0.4, 0.5) is 0 Å². The van der Waals surface area contributed by atoms with Crippen LogP contribution in [0.15, 0.2) is 88.9 Å². The number of aryl methyl sites for hydroxylation is 2. The first kappa shape index (κ1) is 18.4. The normalized spacial score (nSPS) is 16.9. The zero-order valence-corrected chi connectivity index (χ0v) is 16.7. The predicted molar refractivity (Wildman–Crippen MR) is 112 cm³/mol. The van der Waals surface area contributed by atoms with Gasteiger partial charge in [0.15, 0.2) is 0 Å². The number of sulfonamides is 1. The summed E-state index contributed by atoms with van der Waals surface area (Å²) in [7, 11) is -3.75. The molecule has 0 aliphatic carbocycles. The lowest BCUT2D eigenvalue weighted by Crippen LogP contribution is -2.27. The molecule has 0 spiro atoms. The topological polar surface area (TPSA) is 49.7 Å². The Hall–Kier alpha value is -2.92. The van der Waals surface area contributed by atoms with E-state index in [2.05, 4.69) is 5.10 Å². The van der Waals surface area contributed by atoms with Gasteiger partial charge in [-0.3, -0.25) is 0 Å². The average Bonchev–Trinajstić information content (AvgIpc) is 3.16. The summed E-state index contributed by atoms with van der Waals surface area (Å²) in [6.45, 7) is 4.04. The lowest BCUT2D eigenvalue weighted by Gasteiger charge is -2.23. The van der Waals surface area contributed by atoms with E-state index in [1.165, 1.54) is 4.41 Å². The monoisotopic (exact) mass is 390 g/mol. The lowest BCUT2D eigenvalue weighted by molar-refractivity contribution is 0.371. The number of nitrogens with zero attached hydrogens (tertiary/aromatic N) is 2. The molecule has 1 atom stereocenters. The first-order valence-electron chi connectivity index (χ1n) is 9.26. The summed E-state index contributed by atoms with van der Waals surface area (Å²) >= 11 is 0. The van der Waals surface area contributed by atoms with Crippen LogP contribution in [-0.2, 0) is 10.0 Å². The van der Waals surface area contributed by atoms with Gasteiger partial charge in [0.25, 0.3) is 10.0 Å². The van der Waals surface area contributed by atoms with Crippen molar-refractivity contribution in [2.75, 3.05) is 0 Å². The third-order valence-electron chi connectivity index (χ3n) is 4.97. The Kier molecular flexibility index (Phi) is 4.77. The number of benzene rings is 3. The Morgan fingerprint density at radius 1 is 0.857 bits per heavy atom. The van der Waals surface area contributed by atoms with Crippen molar-refractivity contribution in [3.05, 3.63) is 101 Å². The fraction of sp³-hybridized carbons (Fsp3) is 0.174. The van der Waals surface area contributed by atoms with Gasteiger partial charge in [0.2, 0.25) is 0 Å². The lowest BCUT2D eigenvalue weighted by atomic mass is 9.98. The number of hydrazone groups is 1. The molecule has 0 aromatic heterocycles. The summed E-state index contributed by atoms with van der Waals surface area (Å²) in [5, 5.41) is 4.59. The van der Waals surface area contributed by atoms with Gasteiger partial charge in [0.1, 0.15) is 0 Å². The second-order valence-electron chi connectivity index (χ2n) is 7.14. The molecule has 0 radical (unpaired) electrons. The Labute approximate surface area is 166 Å². The van der Waals surface area contributed by atoms with Crippen molar-refractivity contribution in [1.82, 2.24) is 4.41 Å². The molecule has 1 aliphatic rings. The van der Waals surface area contributed by atoms with Gasteiger partial charge in [-0.2, -0.15) is 17.9 Å². The van der Waals surface area contributed by atoms with Crippen molar-refractivity contribution < 1.29 is 8.42 Å². The minimum Gasteiger partial charge on any atom is -0.200 e. The fourth-order valence-electron chi connectivity index (χ4n) is 3.46. The average molecular weight is 391 g/mol. The van der Waals surface area contributed by atoms with Gasteiger partial charge < -0.3 is 0 Å². The molecule has 0 N–H and O–H groups in total. The van der Waals surface area contributed by atoms with Gasteiger partial charge >= 0.3 is 0 Å². The van der Waals surface area contributed by atoms with Crippen molar-refractivity contribution >= 4 is 15.7 Å². The van der Waals surface area contributed by atoms with Crippen LogP contribution in [0.1, 0.15) is 34.7 Å². The molecule has 0 fully saturated rings. The van der Waals surface area contributed by atoms with Crippen LogP contribution in [0, 0.1) is 13.8 Å². The highest BCUT2D eigenvalue weighted by atomic mass is 32.2. The first-order chi connectivity index (χ1) is 13.4. The molecular weight excluding hydrogens is 368 g/mol. The fourth-order valence-corrected chi connectivity index (χ4v) is 4.91. The quantitative estimate of drug-likeness (QED) is 0.640. The predicted octanol–water partition coefficient (Wildman–Crippen LogP) is 4.84. The largest absolute Gasteiger partial charge is 0.279 e. The molecule has 4 nitrogen and oxygen atoms in total. The third-order valence-corrected chi connectivity index (χ3v) is 6.67. The molecule has 1 heterocycles. The molecule has 0 saturated carbocycles. The van der Waals surface area contributed by atoms with E-state index in [0.29, 0.717) is 6.42 Å². The van der Waals surface area contributed by atoms with E-state index in [-0.39, 0.29) is 10.9 Å². The Balaban J connectivity index is 1.81. The second kappa shape index (κ2) is 7.24. The highest BCUT2D eigenvalue weighted by Gasteiger charge is 2.37. The summed E-state index contributed by atoms with van der Waals surface area (Å²) in [5.74, 6) is 0. The van der Waals surface area contributed by atoms with Gasteiger partial charge in [0, 0.05) is 6.42 Å². The van der Waals surface area contributed by atoms with Crippen LogP contribution in [0.3, 0.4) is 0 Å². The summed E-state index contributed by atoms with van der Waals surface area (Å²) < 4.78 is 28.0. The highest BCUT2D eigenvalue weighted by molar-refractivity contribution is 7.89. The molecule has 0 unspecified atom stereocenters. The molecule has 3 aromatic carbocycles. The molecule has 3 aromatic rings. The van der Waals surface area contributed by atoms with Crippen LogP contribution in [-0.4, -0.2) is 18.5 Å². The summed E-state index contributed by atoms with van der Waals surface area (Å²) in [6.07, 6.45) is 0.540. The van der Waals surface area contributed by atoms with E-state index in [0.717, 1.165) is 28.0 Å². The standard InChI is InChI=1S/C23H22N2O2S/c1-17-11-13-19(14-12-17)22-16-23(20-8-6-7-18(2)15-20)25(24-22)28(26,27)21-9-4-3-5-10-21/h3-15,23H,16H2,1-2H3/t23-/m0/s1. The minimum absolute atomic E-state index is 0.251. The summed E-state index contributed by atoms with van der Waals surface area (Å²) in [5.41, 5.74) is 4.94. The molecule has 4 rings (SSSR count). The molecule has 1 aliphatic heterocycles. The molecular formula is C23H22N2O2S. The molecule has 5 heteroatoms. The van der Waals surface area contributed by atoms with Crippen molar-refractivity contribution in [3.63, 3.8) is 0 Å². The van der Waals surface area contributed by atoms with Gasteiger partial charge in [-0.25, -0.2) is 0 Å². The third kappa shape index (κ3) is 3.45. The van der Waals surface area contributed by atoms with Crippen LogP contribution in [0.5, 0.6) is 0 Å². The highest BCUT2D eigenvalue weighted by Crippen LogP contribution is 2.37. The van der Waals surface area contributed by atoms with Crippen LogP contribution in [0.2, 0.25) is 0 Å².